The van der Waals surface area contributed by atoms with Gasteiger partial charge in [0.15, 0.2) is 0 Å². The van der Waals surface area contributed by atoms with Crippen LogP contribution in [0, 0.1) is 12.3 Å². The van der Waals surface area contributed by atoms with Crippen molar-refractivity contribution in [2.45, 2.75) is 97.5 Å². The molecule has 2 aromatic carbocycles. The second kappa shape index (κ2) is 13.3. The van der Waals surface area contributed by atoms with Crippen LogP contribution in [-0.4, -0.2) is 46.0 Å². The van der Waals surface area contributed by atoms with E-state index in [1.807, 2.05) is 65.0 Å². The molecule has 0 fully saturated rings. The van der Waals surface area contributed by atoms with Crippen molar-refractivity contribution in [3.8, 4) is 12.3 Å². The Hall–Kier alpha value is -3.79. The van der Waals surface area contributed by atoms with Crippen molar-refractivity contribution in [1.29, 1.82) is 0 Å². The summed E-state index contributed by atoms with van der Waals surface area (Å²) in [5, 5.41) is 5.82. The summed E-state index contributed by atoms with van der Waals surface area (Å²) in [6, 6.07) is 14.3. The van der Waals surface area contributed by atoms with E-state index in [1.165, 1.54) is 0 Å². The number of nitrogens with zero attached hydrogens (tertiary/aromatic N) is 1. The lowest BCUT2D eigenvalue weighted by Crippen LogP contribution is -2.57. The maximum Gasteiger partial charge on any atom is 0.408 e. The Bertz CT molecular complexity index is 1160. The zero-order valence-corrected chi connectivity index (χ0v) is 24.5. The number of hydrogen-bond acceptors (Lipinski definition) is 4. The van der Waals surface area contributed by atoms with Crippen LogP contribution in [0.4, 0.5) is 4.79 Å². The molecule has 3 unspecified atom stereocenters. The fraction of sp³-hybridized carbons (Fsp3) is 0.469. The van der Waals surface area contributed by atoms with Gasteiger partial charge in [0.2, 0.25) is 11.8 Å². The molecule has 3 atom stereocenters. The van der Waals surface area contributed by atoms with Crippen molar-refractivity contribution in [2.75, 3.05) is 0 Å². The first-order valence-corrected chi connectivity index (χ1v) is 13.4. The largest absolute Gasteiger partial charge is 0.444 e. The smallest absolute Gasteiger partial charge is 0.408 e. The van der Waals surface area contributed by atoms with E-state index in [2.05, 4.69) is 16.6 Å². The van der Waals surface area contributed by atoms with E-state index < -0.39 is 29.3 Å². The summed E-state index contributed by atoms with van der Waals surface area (Å²) in [5.41, 5.74) is 0.888. The Labute approximate surface area is 233 Å². The summed E-state index contributed by atoms with van der Waals surface area (Å²) in [6.07, 6.45) is 5.68. The average molecular weight is 534 g/mol. The third-order valence-corrected chi connectivity index (χ3v) is 6.01. The van der Waals surface area contributed by atoms with E-state index in [-0.39, 0.29) is 24.3 Å². The summed E-state index contributed by atoms with van der Waals surface area (Å²) in [4.78, 5) is 42.6. The second-order valence-electron chi connectivity index (χ2n) is 11.8. The fourth-order valence-electron chi connectivity index (χ4n) is 4.11. The zero-order valence-electron chi connectivity index (χ0n) is 24.5. The minimum Gasteiger partial charge on any atom is -0.444 e. The number of nitrogens with one attached hydrogen (secondary N) is 2. The van der Waals surface area contributed by atoms with E-state index in [4.69, 9.17) is 11.2 Å². The highest BCUT2D eigenvalue weighted by molar-refractivity contribution is 5.92. The lowest BCUT2D eigenvalue weighted by Gasteiger charge is -2.39. The molecule has 7 nitrogen and oxygen atoms in total. The monoisotopic (exact) mass is 533 g/mol. The highest BCUT2D eigenvalue weighted by Gasteiger charge is 2.39. The van der Waals surface area contributed by atoms with E-state index in [9.17, 15) is 14.4 Å². The Balaban J connectivity index is 2.61. The third-order valence-electron chi connectivity index (χ3n) is 6.01. The zero-order chi connectivity index (χ0) is 29.4. The van der Waals surface area contributed by atoms with Gasteiger partial charge in [-0.05, 0) is 78.1 Å². The molecule has 7 heteroatoms. The Kier molecular flexibility index (Phi) is 10.7. The second-order valence-corrected chi connectivity index (χ2v) is 11.8. The van der Waals surface area contributed by atoms with Crippen LogP contribution < -0.4 is 10.6 Å². The molecule has 2 rings (SSSR count). The van der Waals surface area contributed by atoms with Crippen molar-refractivity contribution >= 4 is 17.9 Å². The molecular formula is C32H43N3O4. The Morgan fingerprint density at radius 1 is 0.974 bits per heavy atom. The van der Waals surface area contributed by atoms with Gasteiger partial charge in [0, 0.05) is 23.6 Å². The van der Waals surface area contributed by atoms with Gasteiger partial charge < -0.3 is 20.3 Å². The lowest BCUT2D eigenvalue weighted by atomic mass is 9.96. The number of carbonyl (C=O) groups excluding carboxylic acids is 3. The summed E-state index contributed by atoms with van der Waals surface area (Å²) < 4.78 is 5.49. The number of benzene rings is 2. The molecule has 0 spiro atoms. The molecule has 0 heterocycles. The Morgan fingerprint density at radius 3 is 2.05 bits per heavy atom. The number of ether oxygens (including phenoxy) is 1. The molecular weight excluding hydrogens is 490 g/mol. The minimum absolute atomic E-state index is 0.232. The van der Waals surface area contributed by atoms with Gasteiger partial charge in [-0.25, -0.2) is 4.79 Å². The SMILES string of the molecule is C#Cc1ccc(C(C(=O)NC(C)(C)C)N(C(=O)C(Cc2ccccc2)NC(=O)OC(C)(C)C)C(C)CC)cc1. The molecule has 3 amide bonds. The van der Waals surface area contributed by atoms with Gasteiger partial charge in [-0.15, -0.1) is 6.42 Å². The maximum absolute atomic E-state index is 14.4. The van der Waals surface area contributed by atoms with Crippen LogP contribution in [0.2, 0.25) is 0 Å². The first-order valence-electron chi connectivity index (χ1n) is 13.4. The molecule has 0 aromatic heterocycles. The predicted molar refractivity (Wildman–Crippen MR) is 155 cm³/mol. The summed E-state index contributed by atoms with van der Waals surface area (Å²) in [7, 11) is 0. The molecule has 0 saturated carbocycles. The van der Waals surface area contributed by atoms with Gasteiger partial charge in [-0.3, -0.25) is 9.59 Å². The number of amides is 3. The minimum atomic E-state index is -0.967. The number of carbonyl (C=O) groups is 3. The van der Waals surface area contributed by atoms with Crippen molar-refractivity contribution in [3.05, 3.63) is 71.3 Å². The van der Waals surface area contributed by atoms with E-state index in [0.717, 1.165) is 5.56 Å². The van der Waals surface area contributed by atoms with Gasteiger partial charge in [-0.2, -0.15) is 0 Å². The van der Waals surface area contributed by atoms with Gasteiger partial charge in [-0.1, -0.05) is 55.3 Å². The molecule has 0 saturated heterocycles. The highest BCUT2D eigenvalue weighted by Crippen LogP contribution is 2.28. The van der Waals surface area contributed by atoms with Crippen molar-refractivity contribution in [2.24, 2.45) is 0 Å². The van der Waals surface area contributed by atoms with Crippen LogP contribution in [-0.2, 0) is 20.7 Å². The normalized spacial score (nSPS) is 13.8. The number of terminal acetylenes is 1. The molecule has 0 bridgehead atoms. The van der Waals surface area contributed by atoms with Crippen LogP contribution in [0.3, 0.4) is 0 Å². The molecule has 0 aliphatic carbocycles. The van der Waals surface area contributed by atoms with Crippen LogP contribution in [0.5, 0.6) is 0 Å². The van der Waals surface area contributed by atoms with E-state index >= 15 is 0 Å². The summed E-state index contributed by atoms with van der Waals surface area (Å²) in [5.74, 6) is 1.89. The summed E-state index contributed by atoms with van der Waals surface area (Å²) >= 11 is 0. The van der Waals surface area contributed by atoms with Crippen molar-refractivity contribution < 1.29 is 19.1 Å². The number of rotatable bonds is 9. The van der Waals surface area contributed by atoms with Crippen molar-refractivity contribution in [1.82, 2.24) is 15.5 Å². The fourth-order valence-corrected chi connectivity index (χ4v) is 4.11. The standard InChI is InChI=1S/C32H43N3O4/c1-10-22(3)35(27(28(36)34-31(4,5)6)25-19-17-23(11-2)18-20-25)29(37)26(21-24-15-13-12-14-16-24)33-30(38)39-32(7,8)9/h2,12-20,22,26-27H,10,21H2,1,3-9H3,(H,33,38)(H,34,36). The quantitative estimate of drug-likeness (QED) is 0.423. The average Bonchev–Trinajstić information content (AvgIpc) is 2.84. The molecule has 39 heavy (non-hydrogen) atoms. The van der Waals surface area contributed by atoms with Crippen LogP contribution >= 0.6 is 0 Å². The Morgan fingerprint density at radius 2 is 1.56 bits per heavy atom. The van der Waals surface area contributed by atoms with Crippen LogP contribution in [0.25, 0.3) is 0 Å². The predicted octanol–water partition coefficient (Wildman–Crippen LogP) is 5.39. The van der Waals surface area contributed by atoms with E-state index in [0.29, 0.717) is 17.5 Å². The first kappa shape index (κ1) is 31.4. The molecule has 0 radical (unpaired) electrons. The molecule has 0 aliphatic rings. The lowest BCUT2D eigenvalue weighted by molar-refractivity contribution is -0.145. The molecule has 0 aliphatic heterocycles. The van der Waals surface area contributed by atoms with E-state index in [1.54, 1.807) is 49.9 Å². The van der Waals surface area contributed by atoms with Gasteiger partial charge in [0.1, 0.15) is 17.7 Å². The van der Waals surface area contributed by atoms with Gasteiger partial charge >= 0.3 is 6.09 Å². The maximum atomic E-state index is 14.4. The van der Waals surface area contributed by atoms with Gasteiger partial charge in [0.05, 0.1) is 0 Å². The van der Waals surface area contributed by atoms with Crippen LogP contribution in [0.15, 0.2) is 54.6 Å². The first-order chi connectivity index (χ1) is 18.1. The topological polar surface area (TPSA) is 87.7 Å². The van der Waals surface area contributed by atoms with Crippen LogP contribution in [0.1, 0.15) is 84.5 Å². The van der Waals surface area contributed by atoms with Crippen molar-refractivity contribution in [3.63, 3.8) is 0 Å². The molecule has 210 valence electrons. The number of hydrogen-bond donors (Lipinski definition) is 2. The third kappa shape index (κ3) is 9.79. The highest BCUT2D eigenvalue weighted by atomic mass is 16.6. The summed E-state index contributed by atoms with van der Waals surface area (Å²) in [6.45, 7) is 14.8. The molecule has 2 aromatic rings. The molecule has 2 N–H and O–H groups in total. The number of alkyl carbamates (subject to hydrolysis) is 1. The van der Waals surface area contributed by atoms with Gasteiger partial charge in [0.25, 0.3) is 0 Å².